The Labute approximate surface area is 96.1 Å². The van der Waals surface area contributed by atoms with Crippen molar-refractivity contribution in [3.8, 4) is 0 Å². The summed E-state index contributed by atoms with van der Waals surface area (Å²) in [7, 11) is 0. The molecular formula is C10H22O6. The second-order valence-corrected chi connectivity index (χ2v) is 2.52. The molecule has 0 radical (unpaired) electrons. The summed E-state index contributed by atoms with van der Waals surface area (Å²) in [6.07, 6.45) is 0.750. The Balaban J connectivity index is 0. The molecule has 0 saturated heterocycles. The van der Waals surface area contributed by atoms with Crippen LogP contribution in [0.3, 0.4) is 0 Å². The standard InChI is InChI=1S/C8H18O5.C2H4O/c9-1-3-11-5-7-13-8-6-12-4-2-10;1-2-3/h9-10H,1-8H2;2H,1H3. The zero-order chi connectivity index (χ0) is 12.5. The van der Waals surface area contributed by atoms with Gasteiger partial charge in [0, 0.05) is 0 Å². The van der Waals surface area contributed by atoms with Gasteiger partial charge in [-0.2, -0.15) is 0 Å². The van der Waals surface area contributed by atoms with Crippen molar-refractivity contribution in [2.75, 3.05) is 52.9 Å². The molecule has 98 valence electrons. The van der Waals surface area contributed by atoms with Crippen molar-refractivity contribution in [1.82, 2.24) is 0 Å². The molecule has 6 nitrogen and oxygen atoms in total. The third kappa shape index (κ3) is 23.4. The van der Waals surface area contributed by atoms with Crippen LogP contribution in [0.5, 0.6) is 0 Å². The fourth-order valence-corrected chi connectivity index (χ4v) is 0.671. The maximum absolute atomic E-state index is 8.81. The van der Waals surface area contributed by atoms with Crippen LogP contribution < -0.4 is 0 Å². The number of aliphatic hydroxyl groups excluding tert-OH is 2. The van der Waals surface area contributed by atoms with Crippen LogP contribution in [0, 0.1) is 0 Å². The highest BCUT2D eigenvalue weighted by Gasteiger charge is 1.89. The number of aldehydes is 1. The van der Waals surface area contributed by atoms with Gasteiger partial charge in [0.15, 0.2) is 0 Å². The third-order valence-corrected chi connectivity index (χ3v) is 1.22. The number of hydrogen-bond acceptors (Lipinski definition) is 6. The van der Waals surface area contributed by atoms with Gasteiger partial charge in [-0.15, -0.1) is 0 Å². The Bertz CT molecular complexity index is 110. The van der Waals surface area contributed by atoms with Crippen molar-refractivity contribution in [1.29, 1.82) is 0 Å². The maximum Gasteiger partial charge on any atom is 0.116 e. The van der Waals surface area contributed by atoms with E-state index >= 15 is 0 Å². The number of carbonyl (C=O) groups is 1. The Hall–Kier alpha value is -0.530. The van der Waals surface area contributed by atoms with Crippen LogP contribution in [0.15, 0.2) is 0 Å². The molecule has 0 rings (SSSR count). The van der Waals surface area contributed by atoms with Crippen LogP contribution in [0.25, 0.3) is 0 Å². The fourth-order valence-electron chi connectivity index (χ4n) is 0.671. The normalized spacial score (nSPS) is 9.44. The topological polar surface area (TPSA) is 85.2 Å². The highest BCUT2D eigenvalue weighted by molar-refractivity contribution is 5.44. The van der Waals surface area contributed by atoms with Crippen LogP contribution in [-0.2, 0) is 19.0 Å². The van der Waals surface area contributed by atoms with Crippen molar-refractivity contribution in [3.05, 3.63) is 0 Å². The van der Waals surface area contributed by atoms with Gasteiger partial charge in [-0.3, -0.25) is 0 Å². The molecule has 0 aliphatic rings. The Morgan fingerprint density at radius 1 is 0.812 bits per heavy atom. The SMILES string of the molecule is CC=O.OCCOCCOCCOCCO. The lowest BCUT2D eigenvalue weighted by molar-refractivity contribution is -0.106. The molecule has 0 amide bonds. The van der Waals surface area contributed by atoms with Crippen LogP contribution in [0.2, 0.25) is 0 Å². The Morgan fingerprint density at radius 3 is 1.31 bits per heavy atom. The first kappa shape index (κ1) is 17.9. The summed E-state index contributed by atoms with van der Waals surface area (Å²) in [5, 5.41) is 16.7. The first-order chi connectivity index (χ1) is 7.83. The Kier molecular flexibility index (Phi) is 22.3. The fraction of sp³-hybridized carbons (Fsp3) is 0.900. The molecule has 0 aliphatic heterocycles. The molecule has 0 aromatic heterocycles. The number of rotatable bonds is 10. The molecule has 0 heterocycles. The number of aliphatic hydroxyl groups is 2. The van der Waals surface area contributed by atoms with Gasteiger partial charge in [-0.1, -0.05) is 0 Å². The monoisotopic (exact) mass is 238 g/mol. The van der Waals surface area contributed by atoms with Gasteiger partial charge >= 0.3 is 0 Å². The van der Waals surface area contributed by atoms with Gasteiger partial charge in [0.1, 0.15) is 6.29 Å². The summed E-state index contributed by atoms with van der Waals surface area (Å²) in [4.78, 5) is 8.81. The predicted octanol–water partition coefficient (Wildman–Crippen LogP) is -0.774. The minimum atomic E-state index is 0.0413. The van der Waals surface area contributed by atoms with Crippen molar-refractivity contribution in [2.24, 2.45) is 0 Å². The van der Waals surface area contributed by atoms with Crippen molar-refractivity contribution >= 4 is 6.29 Å². The lowest BCUT2D eigenvalue weighted by Crippen LogP contribution is -2.11. The lowest BCUT2D eigenvalue weighted by atomic mass is 10.7. The van der Waals surface area contributed by atoms with E-state index in [4.69, 9.17) is 29.2 Å². The van der Waals surface area contributed by atoms with E-state index < -0.39 is 0 Å². The van der Waals surface area contributed by atoms with Crippen molar-refractivity contribution < 1.29 is 29.2 Å². The first-order valence-electron chi connectivity index (χ1n) is 5.18. The highest BCUT2D eigenvalue weighted by Crippen LogP contribution is 1.80. The molecule has 0 atom stereocenters. The van der Waals surface area contributed by atoms with E-state index in [1.165, 1.54) is 6.92 Å². The van der Waals surface area contributed by atoms with E-state index in [1.807, 2.05) is 0 Å². The summed E-state index contributed by atoms with van der Waals surface area (Å²) in [6.45, 7) is 4.21. The van der Waals surface area contributed by atoms with Crippen LogP contribution in [0.4, 0.5) is 0 Å². The summed E-state index contributed by atoms with van der Waals surface area (Å²) in [5.41, 5.74) is 0. The molecule has 16 heavy (non-hydrogen) atoms. The molecule has 0 aromatic carbocycles. The molecule has 0 saturated carbocycles. The van der Waals surface area contributed by atoms with Crippen LogP contribution in [0.1, 0.15) is 6.92 Å². The summed E-state index contributed by atoms with van der Waals surface area (Å²) >= 11 is 0. The molecule has 0 aromatic rings. The number of ether oxygens (including phenoxy) is 3. The van der Waals surface area contributed by atoms with E-state index in [0.717, 1.165) is 6.29 Å². The van der Waals surface area contributed by atoms with Gasteiger partial charge < -0.3 is 29.2 Å². The molecule has 0 unspecified atom stereocenters. The summed E-state index contributed by atoms with van der Waals surface area (Å²) in [5.74, 6) is 0. The molecule has 0 bridgehead atoms. The summed E-state index contributed by atoms with van der Waals surface area (Å²) < 4.78 is 15.0. The second-order valence-electron chi connectivity index (χ2n) is 2.52. The number of carbonyl (C=O) groups excluding carboxylic acids is 1. The molecule has 0 spiro atoms. The average molecular weight is 238 g/mol. The van der Waals surface area contributed by atoms with E-state index in [2.05, 4.69) is 0 Å². The van der Waals surface area contributed by atoms with Gasteiger partial charge in [-0.25, -0.2) is 0 Å². The zero-order valence-corrected chi connectivity index (χ0v) is 9.76. The maximum atomic E-state index is 8.81. The molecule has 0 fully saturated rings. The van der Waals surface area contributed by atoms with Gasteiger partial charge in [-0.05, 0) is 6.92 Å². The molecule has 0 aliphatic carbocycles. The lowest BCUT2D eigenvalue weighted by Gasteiger charge is -2.04. The zero-order valence-electron chi connectivity index (χ0n) is 9.76. The molecular weight excluding hydrogens is 216 g/mol. The predicted molar refractivity (Wildman–Crippen MR) is 58.4 cm³/mol. The summed E-state index contributed by atoms with van der Waals surface area (Å²) in [6, 6.07) is 0. The minimum Gasteiger partial charge on any atom is -0.394 e. The van der Waals surface area contributed by atoms with Crippen molar-refractivity contribution in [3.63, 3.8) is 0 Å². The van der Waals surface area contributed by atoms with Gasteiger partial charge in [0.05, 0.1) is 52.9 Å². The highest BCUT2D eigenvalue weighted by atomic mass is 16.5. The van der Waals surface area contributed by atoms with E-state index in [-0.39, 0.29) is 13.2 Å². The van der Waals surface area contributed by atoms with E-state index in [9.17, 15) is 0 Å². The van der Waals surface area contributed by atoms with Gasteiger partial charge in [0.2, 0.25) is 0 Å². The first-order valence-corrected chi connectivity index (χ1v) is 5.18. The minimum absolute atomic E-state index is 0.0413. The second kappa shape index (κ2) is 20.0. The van der Waals surface area contributed by atoms with E-state index in [1.54, 1.807) is 0 Å². The van der Waals surface area contributed by atoms with Crippen LogP contribution >= 0.6 is 0 Å². The third-order valence-electron chi connectivity index (χ3n) is 1.22. The largest absolute Gasteiger partial charge is 0.394 e. The Morgan fingerprint density at radius 2 is 1.06 bits per heavy atom. The van der Waals surface area contributed by atoms with Gasteiger partial charge in [0.25, 0.3) is 0 Å². The smallest absolute Gasteiger partial charge is 0.116 e. The molecule has 6 heteroatoms. The molecule has 2 N–H and O–H groups in total. The quantitative estimate of drug-likeness (QED) is 0.384. The van der Waals surface area contributed by atoms with Crippen LogP contribution in [-0.4, -0.2) is 69.4 Å². The number of hydrogen-bond donors (Lipinski definition) is 2. The average Bonchev–Trinajstić information content (AvgIpc) is 2.28. The van der Waals surface area contributed by atoms with E-state index in [0.29, 0.717) is 39.6 Å². The van der Waals surface area contributed by atoms with Crippen molar-refractivity contribution in [2.45, 2.75) is 6.92 Å².